The summed E-state index contributed by atoms with van der Waals surface area (Å²) in [5, 5.41) is 0. The molecule has 0 aliphatic carbocycles. The molecule has 0 saturated carbocycles. The molecule has 1 atom stereocenters. The van der Waals surface area contributed by atoms with Crippen molar-refractivity contribution in [2.24, 2.45) is 0 Å². The van der Waals surface area contributed by atoms with Crippen LogP contribution in [-0.4, -0.2) is 40.7 Å². The van der Waals surface area contributed by atoms with Gasteiger partial charge in [-0.3, -0.25) is 9.88 Å². The zero-order valence-corrected chi connectivity index (χ0v) is 16.6. The van der Waals surface area contributed by atoms with Gasteiger partial charge in [-0.1, -0.05) is 6.07 Å². The van der Waals surface area contributed by atoms with Crippen LogP contribution in [0.4, 0.5) is 0 Å². The smallest absolute Gasteiger partial charge is 0.216 e. The Bertz CT molecular complexity index is 780. The first kappa shape index (κ1) is 18.4. The third-order valence-corrected chi connectivity index (χ3v) is 5.65. The van der Waals surface area contributed by atoms with Gasteiger partial charge in [-0.25, -0.2) is 4.98 Å². The van der Waals surface area contributed by atoms with Crippen LogP contribution in [0.3, 0.4) is 0 Å². The maximum absolute atomic E-state index is 6.18. The van der Waals surface area contributed by atoms with E-state index in [1.54, 1.807) is 0 Å². The lowest BCUT2D eigenvalue weighted by Crippen LogP contribution is -2.38. The minimum absolute atomic E-state index is 0.311. The number of hydrogen-bond donors (Lipinski definition) is 0. The van der Waals surface area contributed by atoms with Crippen molar-refractivity contribution in [1.29, 1.82) is 0 Å². The fourth-order valence-electron chi connectivity index (χ4n) is 4.12. The first-order valence-electron chi connectivity index (χ1n) is 10.0. The normalized spacial score (nSPS) is 18.9. The number of ether oxygens (including phenoxy) is 2. The minimum atomic E-state index is 0.311. The lowest BCUT2D eigenvalue weighted by atomic mass is 10.0. The van der Waals surface area contributed by atoms with Gasteiger partial charge in [-0.2, -0.15) is 0 Å². The Hall–Kier alpha value is -1.98. The van der Waals surface area contributed by atoms with Crippen molar-refractivity contribution in [2.75, 3.05) is 19.7 Å². The van der Waals surface area contributed by atoms with Crippen molar-refractivity contribution in [1.82, 2.24) is 14.9 Å². The molecule has 0 bridgehead atoms. The largest absolute Gasteiger partial charge is 0.477 e. The Morgan fingerprint density at radius 2 is 1.89 bits per heavy atom. The topological polar surface area (TPSA) is 47.5 Å². The highest BCUT2D eigenvalue weighted by molar-refractivity contribution is 5.32. The van der Waals surface area contributed by atoms with Crippen LogP contribution in [0.15, 0.2) is 24.3 Å². The molecule has 2 aliphatic rings. The molecule has 0 amide bonds. The minimum Gasteiger partial charge on any atom is -0.477 e. The fourth-order valence-corrected chi connectivity index (χ4v) is 4.12. The third kappa shape index (κ3) is 4.30. The van der Waals surface area contributed by atoms with E-state index in [4.69, 9.17) is 14.5 Å². The molecule has 1 unspecified atom stereocenters. The van der Waals surface area contributed by atoms with Crippen LogP contribution in [0.2, 0.25) is 0 Å². The third-order valence-electron chi connectivity index (χ3n) is 5.65. The number of likely N-dealkylation sites (tertiary alicyclic amines) is 1. The van der Waals surface area contributed by atoms with Gasteiger partial charge in [-0.05, 0) is 57.4 Å². The Balaban J connectivity index is 1.29. The average molecular weight is 367 g/mol. The second kappa shape index (κ2) is 7.95. The van der Waals surface area contributed by atoms with E-state index in [0.29, 0.717) is 18.8 Å². The van der Waals surface area contributed by atoms with Gasteiger partial charge in [0.25, 0.3) is 0 Å². The number of pyridine rings is 2. The summed E-state index contributed by atoms with van der Waals surface area (Å²) in [4.78, 5) is 11.7. The molecule has 0 aromatic carbocycles. The second-order valence-corrected chi connectivity index (χ2v) is 7.78. The van der Waals surface area contributed by atoms with E-state index in [9.17, 15) is 0 Å². The quantitative estimate of drug-likeness (QED) is 0.805. The van der Waals surface area contributed by atoms with Crippen LogP contribution < -0.4 is 4.74 Å². The average Bonchev–Trinajstić information content (AvgIpc) is 3.13. The van der Waals surface area contributed by atoms with Crippen LogP contribution >= 0.6 is 0 Å². The van der Waals surface area contributed by atoms with Gasteiger partial charge in [0.1, 0.15) is 0 Å². The molecule has 144 valence electrons. The number of aromatic nitrogens is 2. The van der Waals surface area contributed by atoms with Crippen LogP contribution in [0.1, 0.15) is 54.0 Å². The van der Waals surface area contributed by atoms with Gasteiger partial charge < -0.3 is 9.47 Å². The number of piperidine rings is 1. The van der Waals surface area contributed by atoms with Crippen LogP contribution in [-0.2, 0) is 17.8 Å². The predicted molar refractivity (Wildman–Crippen MR) is 105 cm³/mol. The van der Waals surface area contributed by atoms with E-state index < -0.39 is 0 Å². The summed E-state index contributed by atoms with van der Waals surface area (Å²) in [5.41, 5.74) is 5.68. The lowest BCUT2D eigenvalue weighted by molar-refractivity contribution is -0.0102. The zero-order chi connectivity index (χ0) is 18.8. The van der Waals surface area contributed by atoms with E-state index in [0.717, 1.165) is 61.9 Å². The van der Waals surface area contributed by atoms with E-state index in [2.05, 4.69) is 41.1 Å². The molecular formula is C22H29N3O2. The summed E-state index contributed by atoms with van der Waals surface area (Å²) in [5.74, 6) is 0.834. The first-order chi connectivity index (χ1) is 13.1. The summed E-state index contributed by atoms with van der Waals surface area (Å²) in [7, 11) is 0. The molecule has 0 N–H and O–H groups in total. The molecule has 2 aliphatic heterocycles. The molecular weight excluding hydrogens is 338 g/mol. The Morgan fingerprint density at radius 3 is 2.63 bits per heavy atom. The van der Waals surface area contributed by atoms with Gasteiger partial charge in [-0.15, -0.1) is 0 Å². The Morgan fingerprint density at radius 1 is 1.15 bits per heavy atom. The van der Waals surface area contributed by atoms with Crippen molar-refractivity contribution in [2.45, 2.75) is 58.8 Å². The molecule has 4 heterocycles. The summed E-state index contributed by atoms with van der Waals surface area (Å²) >= 11 is 0. The van der Waals surface area contributed by atoms with E-state index in [1.807, 2.05) is 13.8 Å². The molecule has 2 aromatic rings. The molecule has 4 rings (SSSR count). The summed E-state index contributed by atoms with van der Waals surface area (Å²) in [6.07, 6.45) is 3.44. The number of rotatable bonds is 5. The van der Waals surface area contributed by atoms with E-state index in [-0.39, 0.29) is 0 Å². The molecule has 0 radical (unpaired) electrons. The number of nitrogens with zero attached hydrogens (tertiary/aromatic N) is 3. The molecule has 27 heavy (non-hydrogen) atoms. The fraction of sp³-hybridized carbons (Fsp3) is 0.545. The van der Waals surface area contributed by atoms with Crippen molar-refractivity contribution >= 4 is 0 Å². The molecule has 5 heteroatoms. The maximum atomic E-state index is 6.18. The standard InChI is InChI=1S/C22H29N3O2/c1-15-12-18(13-16(2)23-15)14-27-20-6-9-25(10-7-20)17(3)21-5-4-19-8-11-26-22(19)24-21/h4-5,12-13,17,20H,6-11,14H2,1-3H3. The van der Waals surface area contributed by atoms with Crippen LogP contribution in [0, 0.1) is 13.8 Å². The molecule has 0 spiro atoms. The van der Waals surface area contributed by atoms with Crippen molar-refractivity contribution in [3.63, 3.8) is 0 Å². The highest BCUT2D eigenvalue weighted by Gasteiger charge is 2.26. The molecule has 5 nitrogen and oxygen atoms in total. The van der Waals surface area contributed by atoms with Gasteiger partial charge in [0.15, 0.2) is 0 Å². The highest BCUT2D eigenvalue weighted by Crippen LogP contribution is 2.29. The summed E-state index contributed by atoms with van der Waals surface area (Å²) < 4.78 is 11.8. The van der Waals surface area contributed by atoms with E-state index in [1.165, 1.54) is 11.1 Å². The Kier molecular flexibility index (Phi) is 5.41. The van der Waals surface area contributed by atoms with Gasteiger partial charge in [0, 0.05) is 42.5 Å². The summed E-state index contributed by atoms with van der Waals surface area (Å²) in [6, 6.07) is 8.88. The van der Waals surface area contributed by atoms with Gasteiger partial charge >= 0.3 is 0 Å². The zero-order valence-electron chi connectivity index (χ0n) is 16.6. The second-order valence-electron chi connectivity index (χ2n) is 7.78. The van der Waals surface area contributed by atoms with Gasteiger partial charge in [0.2, 0.25) is 5.88 Å². The number of aryl methyl sites for hydroxylation is 2. The monoisotopic (exact) mass is 367 g/mol. The molecule has 1 saturated heterocycles. The summed E-state index contributed by atoms with van der Waals surface area (Å²) in [6.45, 7) is 9.84. The molecule has 2 aromatic heterocycles. The van der Waals surface area contributed by atoms with Crippen molar-refractivity contribution in [3.05, 3.63) is 52.5 Å². The Labute approximate surface area is 161 Å². The number of fused-ring (bicyclic) bond motifs is 1. The highest BCUT2D eigenvalue weighted by atomic mass is 16.5. The maximum Gasteiger partial charge on any atom is 0.216 e. The lowest BCUT2D eigenvalue weighted by Gasteiger charge is -2.35. The molecule has 1 fully saturated rings. The van der Waals surface area contributed by atoms with Crippen molar-refractivity contribution in [3.8, 4) is 5.88 Å². The van der Waals surface area contributed by atoms with Gasteiger partial charge in [0.05, 0.1) is 25.0 Å². The predicted octanol–water partition coefficient (Wildman–Crippen LogP) is 3.77. The SMILES string of the molecule is Cc1cc(COC2CCN(C(C)c3ccc4c(n3)OCC4)CC2)cc(C)n1. The number of hydrogen-bond acceptors (Lipinski definition) is 5. The van der Waals surface area contributed by atoms with Crippen LogP contribution in [0.5, 0.6) is 5.88 Å². The van der Waals surface area contributed by atoms with E-state index >= 15 is 0 Å². The van der Waals surface area contributed by atoms with Crippen molar-refractivity contribution < 1.29 is 9.47 Å². The van der Waals surface area contributed by atoms with Crippen LogP contribution in [0.25, 0.3) is 0 Å². The first-order valence-corrected chi connectivity index (χ1v) is 10.0.